The molecule has 3 aromatic rings. The van der Waals surface area contributed by atoms with E-state index in [1.165, 1.54) is 11.1 Å². The van der Waals surface area contributed by atoms with Crippen LogP contribution >= 0.6 is 0 Å². The summed E-state index contributed by atoms with van der Waals surface area (Å²) in [5.41, 5.74) is 4.80. The molecule has 2 aromatic carbocycles. The van der Waals surface area contributed by atoms with Crippen molar-refractivity contribution in [2.24, 2.45) is 0 Å². The Hall–Kier alpha value is -2.66. The van der Waals surface area contributed by atoms with Crippen LogP contribution in [0.3, 0.4) is 0 Å². The molecule has 1 fully saturated rings. The third-order valence-electron chi connectivity index (χ3n) is 5.70. The van der Waals surface area contributed by atoms with Crippen LogP contribution in [0.1, 0.15) is 33.5 Å². The van der Waals surface area contributed by atoms with Crippen LogP contribution in [0.15, 0.2) is 42.6 Å². The van der Waals surface area contributed by atoms with Gasteiger partial charge in [0.15, 0.2) is 0 Å². The van der Waals surface area contributed by atoms with Gasteiger partial charge >= 0.3 is 0 Å². The number of benzene rings is 2. The zero-order valence-corrected chi connectivity index (χ0v) is 14.8. The summed E-state index contributed by atoms with van der Waals surface area (Å²) in [7, 11) is 0. The van der Waals surface area contributed by atoms with E-state index in [2.05, 4.69) is 34.5 Å². The van der Waals surface area contributed by atoms with Crippen LogP contribution in [0.2, 0.25) is 0 Å². The van der Waals surface area contributed by atoms with Gasteiger partial charge in [-0.05, 0) is 48.6 Å². The molecule has 1 N–H and O–H groups in total. The lowest BCUT2D eigenvalue weighted by molar-refractivity contribution is -0.103. The maximum atomic E-state index is 13.3. The Kier molecular flexibility index (Phi) is 3.40. The van der Waals surface area contributed by atoms with E-state index in [1.54, 1.807) is 6.20 Å². The fourth-order valence-electron chi connectivity index (χ4n) is 4.47. The van der Waals surface area contributed by atoms with E-state index in [9.17, 15) is 4.79 Å². The van der Waals surface area contributed by atoms with Crippen molar-refractivity contribution in [3.05, 3.63) is 64.8 Å². The number of hydrogen-bond acceptors (Lipinski definition) is 3. The number of H-pyrrole nitrogens is 1. The van der Waals surface area contributed by atoms with E-state index in [0.717, 1.165) is 29.3 Å². The van der Waals surface area contributed by atoms with Crippen LogP contribution in [0.25, 0.3) is 10.9 Å². The summed E-state index contributed by atoms with van der Waals surface area (Å²) in [5.74, 6) is 0.0509. The predicted molar refractivity (Wildman–Crippen MR) is 99.1 cm³/mol. The fraction of sp³-hybridized carbons (Fsp3) is 0.333. The van der Waals surface area contributed by atoms with Crippen LogP contribution in [0.5, 0.6) is 0 Å². The molecule has 5 heteroatoms. The molecule has 1 amide bonds. The molecular weight excluding hydrogens is 326 g/mol. The number of rotatable bonds is 1. The van der Waals surface area contributed by atoms with E-state index in [-0.39, 0.29) is 11.5 Å². The highest BCUT2D eigenvalue weighted by molar-refractivity contribution is 6.05. The zero-order chi connectivity index (χ0) is 17.7. The first-order chi connectivity index (χ1) is 12.7. The number of carbonyl (C=O) groups is 1. The number of morpholine rings is 1. The standard InChI is InChI=1S/C21H21N3O2/c1-14-10-16-12-22-23-19(16)17(11-14)20(25)24-8-9-26-21(13-24)7-6-15-4-2-3-5-18(15)21/h2-5,10-12H,6-9,13H2,1H3,(H,22,23). The summed E-state index contributed by atoms with van der Waals surface area (Å²) in [5, 5.41) is 8.07. The first-order valence-corrected chi connectivity index (χ1v) is 9.12. The van der Waals surface area contributed by atoms with E-state index in [4.69, 9.17) is 4.74 Å². The normalized spacial score (nSPS) is 22.1. The lowest BCUT2D eigenvalue weighted by Gasteiger charge is -2.41. The second-order valence-electron chi connectivity index (χ2n) is 7.37. The Balaban J connectivity index is 1.51. The molecular formula is C21H21N3O2. The number of aromatic amines is 1. The molecule has 5 rings (SSSR count). The molecule has 2 heterocycles. The Morgan fingerprint density at radius 3 is 3.12 bits per heavy atom. The molecule has 0 radical (unpaired) electrons. The summed E-state index contributed by atoms with van der Waals surface area (Å²) in [6, 6.07) is 12.5. The van der Waals surface area contributed by atoms with Gasteiger partial charge in [0.1, 0.15) is 5.60 Å². The van der Waals surface area contributed by atoms with E-state index < -0.39 is 0 Å². The van der Waals surface area contributed by atoms with E-state index >= 15 is 0 Å². The molecule has 1 atom stereocenters. The number of aryl methyl sites for hydroxylation is 2. The van der Waals surface area contributed by atoms with Crippen molar-refractivity contribution in [3.8, 4) is 0 Å². The van der Waals surface area contributed by atoms with Crippen molar-refractivity contribution < 1.29 is 9.53 Å². The number of aromatic nitrogens is 2. The highest BCUT2D eigenvalue weighted by Crippen LogP contribution is 2.42. The fourth-order valence-corrected chi connectivity index (χ4v) is 4.47. The van der Waals surface area contributed by atoms with Gasteiger partial charge in [-0.25, -0.2) is 0 Å². The third-order valence-corrected chi connectivity index (χ3v) is 5.70. The van der Waals surface area contributed by atoms with E-state index in [1.807, 2.05) is 24.0 Å². The van der Waals surface area contributed by atoms with Gasteiger partial charge in [-0.2, -0.15) is 5.10 Å². The van der Waals surface area contributed by atoms with Crippen molar-refractivity contribution in [1.29, 1.82) is 0 Å². The number of nitrogens with zero attached hydrogens (tertiary/aromatic N) is 2. The first-order valence-electron chi connectivity index (χ1n) is 9.12. The van der Waals surface area contributed by atoms with Crippen LogP contribution in [0, 0.1) is 6.92 Å². The summed E-state index contributed by atoms with van der Waals surface area (Å²) < 4.78 is 6.25. The Morgan fingerprint density at radius 1 is 1.31 bits per heavy atom. The lowest BCUT2D eigenvalue weighted by Crippen LogP contribution is -2.51. The van der Waals surface area contributed by atoms with Gasteiger partial charge < -0.3 is 9.64 Å². The molecule has 1 aliphatic carbocycles. The zero-order valence-electron chi connectivity index (χ0n) is 14.8. The summed E-state index contributed by atoms with van der Waals surface area (Å²) in [6.07, 6.45) is 3.71. The van der Waals surface area contributed by atoms with Crippen LogP contribution in [-0.2, 0) is 16.8 Å². The summed E-state index contributed by atoms with van der Waals surface area (Å²) >= 11 is 0. The molecule has 1 unspecified atom stereocenters. The van der Waals surface area contributed by atoms with Crippen LogP contribution < -0.4 is 0 Å². The van der Waals surface area contributed by atoms with Gasteiger partial charge in [-0.1, -0.05) is 24.3 Å². The quantitative estimate of drug-likeness (QED) is 0.735. The highest BCUT2D eigenvalue weighted by atomic mass is 16.5. The molecule has 0 bridgehead atoms. The maximum Gasteiger partial charge on any atom is 0.256 e. The van der Waals surface area contributed by atoms with Gasteiger partial charge in [0.2, 0.25) is 0 Å². The molecule has 1 spiro atoms. The van der Waals surface area contributed by atoms with Crippen molar-refractivity contribution in [2.75, 3.05) is 19.7 Å². The van der Waals surface area contributed by atoms with Crippen molar-refractivity contribution in [3.63, 3.8) is 0 Å². The summed E-state index contributed by atoms with van der Waals surface area (Å²) in [4.78, 5) is 15.3. The minimum Gasteiger partial charge on any atom is -0.367 e. The maximum absolute atomic E-state index is 13.3. The lowest BCUT2D eigenvalue weighted by atomic mass is 9.93. The molecule has 26 heavy (non-hydrogen) atoms. The average Bonchev–Trinajstić information content (AvgIpc) is 3.26. The topological polar surface area (TPSA) is 58.2 Å². The number of ether oxygens (including phenoxy) is 1. The second kappa shape index (κ2) is 5.68. The molecule has 0 saturated carbocycles. The van der Waals surface area contributed by atoms with Crippen molar-refractivity contribution in [2.45, 2.75) is 25.4 Å². The van der Waals surface area contributed by atoms with Gasteiger partial charge in [-0.3, -0.25) is 9.89 Å². The Labute approximate surface area is 152 Å². The van der Waals surface area contributed by atoms with Gasteiger partial charge in [-0.15, -0.1) is 0 Å². The van der Waals surface area contributed by atoms with E-state index in [0.29, 0.717) is 25.3 Å². The SMILES string of the molecule is Cc1cc(C(=O)N2CCOC3(CCc4ccccc43)C2)c2[nH]ncc2c1. The number of carbonyl (C=O) groups excluding carboxylic acids is 1. The van der Waals surface area contributed by atoms with Crippen molar-refractivity contribution in [1.82, 2.24) is 15.1 Å². The first kappa shape index (κ1) is 15.6. The minimum absolute atomic E-state index is 0.0509. The average molecular weight is 347 g/mol. The van der Waals surface area contributed by atoms with Crippen LogP contribution in [-0.4, -0.2) is 40.7 Å². The Morgan fingerprint density at radius 2 is 2.19 bits per heavy atom. The largest absolute Gasteiger partial charge is 0.367 e. The van der Waals surface area contributed by atoms with Gasteiger partial charge in [0, 0.05) is 11.9 Å². The smallest absolute Gasteiger partial charge is 0.256 e. The van der Waals surface area contributed by atoms with Crippen molar-refractivity contribution >= 4 is 16.8 Å². The van der Waals surface area contributed by atoms with Crippen LogP contribution in [0.4, 0.5) is 0 Å². The monoisotopic (exact) mass is 347 g/mol. The Bertz CT molecular complexity index is 1010. The number of nitrogens with one attached hydrogen (secondary N) is 1. The van der Waals surface area contributed by atoms with Gasteiger partial charge in [0.25, 0.3) is 5.91 Å². The van der Waals surface area contributed by atoms with Gasteiger partial charge in [0.05, 0.1) is 30.4 Å². The number of amides is 1. The predicted octanol–water partition coefficient (Wildman–Crippen LogP) is 3.19. The molecule has 132 valence electrons. The summed E-state index contributed by atoms with van der Waals surface area (Å²) in [6.45, 7) is 3.80. The minimum atomic E-state index is -0.360. The second-order valence-corrected chi connectivity index (χ2v) is 7.37. The highest BCUT2D eigenvalue weighted by Gasteiger charge is 2.44. The molecule has 2 aliphatic rings. The molecule has 5 nitrogen and oxygen atoms in total. The third kappa shape index (κ3) is 2.27. The molecule has 1 saturated heterocycles. The number of fused-ring (bicyclic) bond motifs is 3. The molecule has 1 aliphatic heterocycles. The molecule has 1 aromatic heterocycles. The number of hydrogen-bond donors (Lipinski definition) is 1.